The minimum Gasteiger partial charge on any atom is -0.481 e. The van der Waals surface area contributed by atoms with E-state index in [0.717, 1.165) is 5.56 Å². The third-order valence-corrected chi connectivity index (χ3v) is 4.40. The van der Waals surface area contributed by atoms with Crippen LogP contribution in [0, 0.1) is 13.8 Å². The summed E-state index contributed by atoms with van der Waals surface area (Å²) >= 11 is 0. The van der Waals surface area contributed by atoms with E-state index < -0.39 is 5.97 Å². The standard InChI is InChI=1S/C21H20N2O3/c1-14-7-8-16(13-15(14)2)9-10-19-22-18-6-4-3-5-17(18)21(26)23(19)12-11-20(24)25/h3-10,13H,11-12H2,1-2H3,(H,24,25). The first-order valence-electron chi connectivity index (χ1n) is 8.42. The van der Waals surface area contributed by atoms with Crippen molar-refractivity contribution in [1.82, 2.24) is 9.55 Å². The van der Waals surface area contributed by atoms with Gasteiger partial charge in [0.15, 0.2) is 0 Å². The Kier molecular flexibility index (Phi) is 4.98. The Hall–Kier alpha value is -3.21. The second-order valence-electron chi connectivity index (χ2n) is 6.26. The smallest absolute Gasteiger partial charge is 0.305 e. The molecule has 0 fully saturated rings. The van der Waals surface area contributed by atoms with Gasteiger partial charge in [-0.3, -0.25) is 14.2 Å². The Bertz CT molecular complexity index is 1060. The van der Waals surface area contributed by atoms with Crippen molar-refractivity contribution in [3.05, 3.63) is 75.3 Å². The molecule has 0 aliphatic heterocycles. The van der Waals surface area contributed by atoms with Crippen LogP contribution in [0.1, 0.15) is 28.9 Å². The van der Waals surface area contributed by atoms with Gasteiger partial charge in [0.05, 0.1) is 17.3 Å². The molecule has 2 aromatic carbocycles. The van der Waals surface area contributed by atoms with Crippen molar-refractivity contribution in [2.24, 2.45) is 0 Å². The number of hydrogen-bond acceptors (Lipinski definition) is 3. The van der Waals surface area contributed by atoms with E-state index in [0.29, 0.717) is 16.7 Å². The molecule has 0 unspecified atom stereocenters. The number of aliphatic carboxylic acids is 1. The molecule has 0 saturated carbocycles. The average molecular weight is 348 g/mol. The zero-order chi connectivity index (χ0) is 18.7. The van der Waals surface area contributed by atoms with E-state index in [1.807, 2.05) is 31.2 Å². The maximum atomic E-state index is 12.8. The lowest BCUT2D eigenvalue weighted by Gasteiger charge is -2.10. The Labute approximate surface area is 151 Å². The second-order valence-corrected chi connectivity index (χ2v) is 6.26. The lowest BCUT2D eigenvalue weighted by Crippen LogP contribution is -2.25. The highest BCUT2D eigenvalue weighted by Gasteiger charge is 2.10. The Morgan fingerprint density at radius 2 is 1.88 bits per heavy atom. The SMILES string of the molecule is Cc1ccc(C=Cc2nc3ccccc3c(=O)n2CCC(=O)O)cc1C. The van der Waals surface area contributed by atoms with Crippen LogP contribution >= 0.6 is 0 Å². The zero-order valence-electron chi connectivity index (χ0n) is 14.8. The lowest BCUT2D eigenvalue weighted by atomic mass is 10.1. The predicted molar refractivity (Wildman–Crippen MR) is 103 cm³/mol. The van der Waals surface area contributed by atoms with E-state index in [4.69, 9.17) is 5.11 Å². The second kappa shape index (κ2) is 7.35. The first-order chi connectivity index (χ1) is 12.5. The normalized spacial score (nSPS) is 11.3. The Morgan fingerprint density at radius 1 is 1.12 bits per heavy atom. The lowest BCUT2D eigenvalue weighted by molar-refractivity contribution is -0.137. The zero-order valence-corrected chi connectivity index (χ0v) is 14.8. The highest BCUT2D eigenvalue weighted by Crippen LogP contribution is 2.14. The number of carboxylic acids is 1. The Balaban J connectivity index is 2.08. The van der Waals surface area contributed by atoms with Crippen LogP contribution in [0.3, 0.4) is 0 Å². The van der Waals surface area contributed by atoms with E-state index in [1.54, 1.807) is 24.3 Å². The van der Waals surface area contributed by atoms with E-state index >= 15 is 0 Å². The van der Waals surface area contributed by atoms with Crippen molar-refractivity contribution in [2.75, 3.05) is 0 Å². The van der Waals surface area contributed by atoms with Crippen molar-refractivity contribution in [1.29, 1.82) is 0 Å². The number of aromatic nitrogens is 2. The molecule has 1 heterocycles. The summed E-state index contributed by atoms with van der Waals surface area (Å²) in [6, 6.07) is 13.2. The predicted octanol–water partition coefficient (Wildman–Crippen LogP) is 3.66. The van der Waals surface area contributed by atoms with Gasteiger partial charge in [0, 0.05) is 6.54 Å². The summed E-state index contributed by atoms with van der Waals surface area (Å²) in [5, 5.41) is 9.47. The number of nitrogens with zero attached hydrogens (tertiary/aromatic N) is 2. The topological polar surface area (TPSA) is 72.2 Å². The molecule has 0 amide bonds. The van der Waals surface area contributed by atoms with Gasteiger partial charge >= 0.3 is 5.97 Å². The summed E-state index contributed by atoms with van der Waals surface area (Å²) < 4.78 is 1.42. The number of benzene rings is 2. The molecule has 0 atom stereocenters. The number of carboxylic acid groups (broad SMARTS) is 1. The van der Waals surface area contributed by atoms with Crippen LogP contribution in [0.15, 0.2) is 47.3 Å². The van der Waals surface area contributed by atoms with Gasteiger partial charge in [0.25, 0.3) is 5.56 Å². The molecule has 0 saturated heterocycles. The third-order valence-electron chi connectivity index (χ3n) is 4.40. The van der Waals surface area contributed by atoms with Crippen molar-refractivity contribution in [2.45, 2.75) is 26.8 Å². The molecule has 0 spiro atoms. The highest BCUT2D eigenvalue weighted by molar-refractivity contribution is 5.79. The van der Waals surface area contributed by atoms with Crippen LogP contribution in [0.5, 0.6) is 0 Å². The average Bonchev–Trinajstić information content (AvgIpc) is 2.62. The largest absolute Gasteiger partial charge is 0.481 e. The van der Waals surface area contributed by atoms with Gasteiger partial charge < -0.3 is 5.11 Å². The molecule has 26 heavy (non-hydrogen) atoms. The Morgan fingerprint density at radius 3 is 2.62 bits per heavy atom. The minimum atomic E-state index is -0.950. The first kappa shape index (κ1) is 17.6. The van der Waals surface area contributed by atoms with Gasteiger partial charge in [-0.15, -0.1) is 0 Å². The molecule has 5 heteroatoms. The molecule has 0 radical (unpaired) electrons. The number of carbonyl (C=O) groups is 1. The molecule has 1 N–H and O–H groups in total. The summed E-state index contributed by atoms with van der Waals surface area (Å²) in [7, 11) is 0. The molecule has 0 aliphatic rings. The van der Waals surface area contributed by atoms with Crippen LogP contribution in [0.2, 0.25) is 0 Å². The maximum absolute atomic E-state index is 12.8. The molecule has 3 rings (SSSR count). The van der Waals surface area contributed by atoms with Crippen LogP contribution in [0.25, 0.3) is 23.1 Å². The fraction of sp³-hybridized carbons (Fsp3) is 0.190. The molecular weight excluding hydrogens is 328 g/mol. The van der Waals surface area contributed by atoms with Crippen molar-refractivity contribution >= 4 is 29.0 Å². The van der Waals surface area contributed by atoms with Crippen molar-refractivity contribution < 1.29 is 9.90 Å². The molecular formula is C21H20N2O3. The first-order valence-corrected chi connectivity index (χ1v) is 8.42. The number of hydrogen-bond donors (Lipinski definition) is 1. The van der Waals surface area contributed by atoms with Crippen LogP contribution in [-0.4, -0.2) is 20.6 Å². The third kappa shape index (κ3) is 3.72. The highest BCUT2D eigenvalue weighted by atomic mass is 16.4. The number of fused-ring (bicyclic) bond motifs is 1. The van der Waals surface area contributed by atoms with Gasteiger partial charge in [0.2, 0.25) is 0 Å². The minimum absolute atomic E-state index is 0.0819. The maximum Gasteiger partial charge on any atom is 0.305 e. The van der Waals surface area contributed by atoms with E-state index in [9.17, 15) is 9.59 Å². The summed E-state index contributed by atoms with van der Waals surface area (Å²) in [6.07, 6.45) is 3.52. The van der Waals surface area contributed by atoms with Crippen molar-refractivity contribution in [3.8, 4) is 0 Å². The summed E-state index contributed by atoms with van der Waals surface area (Å²) in [5.41, 5.74) is 3.77. The van der Waals surface area contributed by atoms with Crippen LogP contribution < -0.4 is 5.56 Å². The molecule has 0 aliphatic carbocycles. The van der Waals surface area contributed by atoms with E-state index in [-0.39, 0.29) is 18.5 Å². The fourth-order valence-electron chi connectivity index (χ4n) is 2.78. The molecule has 0 bridgehead atoms. The van der Waals surface area contributed by atoms with E-state index in [1.165, 1.54) is 15.7 Å². The van der Waals surface area contributed by atoms with Gasteiger partial charge in [-0.1, -0.05) is 36.4 Å². The summed E-state index contributed by atoms with van der Waals surface area (Å²) in [6.45, 7) is 4.18. The fourth-order valence-corrected chi connectivity index (χ4v) is 2.78. The van der Waals surface area contributed by atoms with E-state index in [2.05, 4.69) is 18.0 Å². The van der Waals surface area contributed by atoms with Gasteiger partial charge in [-0.2, -0.15) is 0 Å². The van der Waals surface area contributed by atoms with Crippen molar-refractivity contribution in [3.63, 3.8) is 0 Å². The molecule has 132 valence electrons. The van der Waals surface area contributed by atoms with Gasteiger partial charge in [-0.25, -0.2) is 4.98 Å². The van der Waals surface area contributed by atoms with Crippen LogP contribution in [-0.2, 0) is 11.3 Å². The molecule has 1 aromatic heterocycles. The quantitative estimate of drug-likeness (QED) is 0.764. The molecule has 5 nitrogen and oxygen atoms in total. The van der Waals surface area contributed by atoms with Gasteiger partial charge in [-0.05, 0) is 48.7 Å². The van der Waals surface area contributed by atoms with Gasteiger partial charge in [0.1, 0.15) is 5.82 Å². The van der Waals surface area contributed by atoms with Crippen LogP contribution in [0.4, 0.5) is 0 Å². The molecule has 3 aromatic rings. The summed E-state index contributed by atoms with van der Waals surface area (Å²) in [5.74, 6) is -0.498. The summed E-state index contributed by atoms with van der Waals surface area (Å²) in [4.78, 5) is 28.3. The number of aryl methyl sites for hydroxylation is 2. The number of rotatable bonds is 5. The number of para-hydroxylation sites is 1. The monoisotopic (exact) mass is 348 g/mol.